The average molecular weight is 252 g/mol. The molecule has 2 atom stereocenters. The fraction of sp³-hybridized carbons (Fsp3) is 0.308. The normalized spacial score (nSPS) is 14.7. The van der Waals surface area contributed by atoms with Gasteiger partial charge in [0.15, 0.2) is 0 Å². The van der Waals surface area contributed by atoms with Crippen LogP contribution in [0.1, 0.15) is 34.9 Å². The second-order valence-corrected chi connectivity index (χ2v) is 5.19. The lowest BCUT2D eigenvalue weighted by Crippen LogP contribution is -2.02. The summed E-state index contributed by atoms with van der Waals surface area (Å²) in [6.07, 6.45) is 3.63. The zero-order valence-electron chi connectivity index (χ0n) is 9.35. The van der Waals surface area contributed by atoms with Gasteiger partial charge in [-0.2, -0.15) is 11.3 Å². The number of hydrogen-bond donors (Lipinski definition) is 0. The van der Waals surface area contributed by atoms with Gasteiger partial charge < -0.3 is 0 Å². The monoisotopic (exact) mass is 251 g/mol. The van der Waals surface area contributed by atoms with E-state index in [1.807, 2.05) is 24.5 Å². The van der Waals surface area contributed by atoms with Gasteiger partial charge in [0, 0.05) is 18.3 Å². The molecule has 3 heteroatoms. The van der Waals surface area contributed by atoms with Crippen molar-refractivity contribution in [3.8, 4) is 0 Å². The molecule has 0 aromatic carbocycles. The molecule has 0 amide bonds. The van der Waals surface area contributed by atoms with E-state index in [1.54, 1.807) is 11.3 Å². The van der Waals surface area contributed by atoms with Crippen molar-refractivity contribution < 1.29 is 0 Å². The first-order valence-corrected chi connectivity index (χ1v) is 6.64. The van der Waals surface area contributed by atoms with Gasteiger partial charge in [0.1, 0.15) is 0 Å². The fourth-order valence-corrected chi connectivity index (χ4v) is 3.10. The van der Waals surface area contributed by atoms with Crippen LogP contribution >= 0.6 is 22.9 Å². The fourth-order valence-electron chi connectivity index (χ4n) is 1.76. The predicted octanol–water partition coefficient (Wildman–Crippen LogP) is 4.54. The van der Waals surface area contributed by atoms with Crippen LogP contribution in [-0.4, -0.2) is 4.98 Å². The quantitative estimate of drug-likeness (QED) is 0.730. The molecule has 2 heterocycles. The lowest BCUT2D eigenvalue weighted by atomic mass is 9.94. The topological polar surface area (TPSA) is 12.9 Å². The van der Waals surface area contributed by atoms with Crippen LogP contribution in [0.25, 0.3) is 0 Å². The summed E-state index contributed by atoms with van der Waals surface area (Å²) in [5.41, 5.74) is 3.77. The van der Waals surface area contributed by atoms with Crippen molar-refractivity contribution in [1.82, 2.24) is 4.98 Å². The first kappa shape index (κ1) is 11.6. The van der Waals surface area contributed by atoms with Gasteiger partial charge in [-0.1, -0.05) is 6.92 Å². The molecule has 0 radical (unpaired) electrons. The first-order chi connectivity index (χ1) is 7.70. The first-order valence-electron chi connectivity index (χ1n) is 5.27. The molecule has 2 unspecified atom stereocenters. The van der Waals surface area contributed by atoms with Crippen molar-refractivity contribution in [3.63, 3.8) is 0 Å². The number of nitrogens with zero attached hydrogens (tertiary/aromatic N) is 1. The molecule has 2 rings (SSSR count). The van der Waals surface area contributed by atoms with Gasteiger partial charge in [0.2, 0.25) is 0 Å². The van der Waals surface area contributed by atoms with Crippen LogP contribution < -0.4 is 0 Å². The number of halogens is 1. The van der Waals surface area contributed by atoms with E-state index in [9.17, 15) is 0 Å². The Morgan fingerprint density at radius 2 is 1.94 bits per heavy atom. The summed E-state index contributed by atoms with van der Waals surface area (Å²) in [7, 11) is 0. The SMILES string of the molecule is Cc1cscc1C(Cl)C(C)c1ccncc1. The Balaban J connectivity index is 2.23. The number of hydrogen-bond acceptors (Lipinski definition) is 2. The maximum atomic E-state index is 6.52. The van der Waals surface area contributed by atoms with Gasteiger partial charge in [-0.3, -0.25) is 4.98 Å². The number of aromatic nitrogens is 1. The summed E-state index contributed by atoms with van der Waals surface area (Å²) >= 11 is 8.23. The van der Waals surface area contributed by atoms with E-state index in [2.05, 4.69) is 29.6 Å². The third kappa shape index (κ3) is 2.28. The molecule has 0 aliphatic carbocycles. The molecule has 0 aliphatic heterocycles. The summed E-state index contributed by atoms with van der Waals surface area (Å²) in [6, 6.07) is 4.06. The highest BCUT2D eigenvalue weighted by molar-refractivity contribution is 7.08. The molecule has 0 saturated carbocycles. The van der Waals surface area contributed by atoms with Gasteiger partial charge in [-0.25, -0.2) is 0 Å². The maximum absolute atomic E-state index is 6.52. The Bertz CT molecular complexity index is 452. The summed E-state index contributed by atoms with van der Waals surface area (Å²) in [5, 5.41) is 4.32. The van der Waals surface area contributed by atoms with E-state index in [0.29, 0.717) is 5.92 Å². The van der Waals surface area contributed by atoms with Crippen molar-refractivity contribution in [2.24, 2.45) is 0 Å². The highest BCUT2D eigenvalue weighted by atomic mass is 35.5. The van der Waals surface area contributed by atoms with E-state index in [4.69, 9.17) is 11.6 Å². The summed E-state index contributed by atoms with van der Waals surface area (Å²) < 4.78 is 0. The summed E-state index contributed by atoms with van der Waals surface area (Å²) in [4.78, 5) is 4.03. The number of aryl methyl sites for hydroxylation is 1. The highest BCUT2D eigenvalue weighted by Crippen LogP contribution is 2.38. The molecule has 0 N–H and O–H groups in total. The number of pyridine rings is 1. The van der Waals surface area contributed by atoms with Crippen LogP contribution in [0.4, 0.5) is 0 Å². The molecule has 0 saturated heterocycles. The van der Waals surface area contributed by atoms with Gasteiger partial charge >= 0.3 is 0 Å². The third-order valence-electron chi connectivity index (χ3n) is 2.86. The average Bonchev–Trinajstić information content (AvgIpc) is 2.75. The zero-order valence-corrected chi connectivity index (χ0v) is 10.9. The van der Waals surface area contributed by atoms with Crippen molar-refractivity contribution in [2.45, 2.75) is 25.1 Å². The van der Waals surface area contributed by atoms with Crippen LogP contribution in [-0.2, 0) is 0 Å². The minimum atomic E-state index is 0.0358. The minimum absolute atomic E-state index is 0.0358. The van der Waals surface area contributed by atoms with Crippen molar-refractivity contribution >= 4 is 22.9 Å². The van der Waals surface area contributed by atoms with E-state index in [0.717, 1.165) is 0 Å². The second-order valence-electron chi connectivity index (χ2n) is 3.98. The van der Waals surface area contributed by atoms with Crippen molar-refractivity contribution in [2.75, 3.05) is 0 Å². The van der Waals surface area contributed by atoms with Gasteiger partial charge in [-0.15, -0.1) is 11.6 Å². The predicted molar refractivity (Wildman–Crippen MR) is 70.3 cm³/mol. The molecule has 0 bridgehead atoms. The maximum Gasteiger partial charge on any atom is 0.0661 e. The van der Waals surface area contributed by atoms with Crippen LogP contribution in [0.5, 0.6) is 0 Å². The lowest BCUT2D eigenvalue weighted by molar-refractivity contribution is 0.729. The zero-order chi connectivity index (χ0) is 11.5. The number of alkyl halides is 1. The number of rotatable bonds is 3. The van der Waals surface area contributed by atoms with Gasteiger partial charge in [0.05, 0.1) is 5.38 Å². The molecular formula is C13H14ClNS. The van der Waals surface area contributed by atoms with E-state index >= 15 is 0 Å². The molecule has 16 heavy (non-hydrogen) atoms. The standard InChI is InChI=1S/C13H14ClNS/c1-9-7-16-8-12(9)13(14)10(2)11-3-5-15-6-4-11/h3-8,10,13H,1-2H3. The molecule has 0 fully saturated rings. The summed E-state index contributed by atoms with van der Waals surface area (Å²) in [6.45, 7) is 4.27. The largest absolute Gasteiger partial charge is 0.265 e. The Labute approximate surface area is 105 Å². The second kappa shape index (κ2) is 4.98. The smallest absolute Gasteiger partial charge is 0.0661 e. The third-order valence-corrected chi connectivity index (χ3v) is 4.36. The van der Waals surface area contributed by atoms with Crippen LogP contribution in [0.15, 0.2) is 35.3 Å². The highest BCUT2D eigenvalue weighted by Gasteiger charge is 2.20. The molecule has 2 aromatic heterocycles. The number of thiophene rings is 1. The van der Waals surface area contributed by atoms with E-state index in [-0.39, 0.29) is 5.38 Å². The van der Waals surface area contributed by atoms with E-state index in [1.165, 1.54) is 16.7 Å². The van der Waals surface area contributed by atoms with Crippen LogP contribution in [0, 0.1) is 6.92 Å². The van der Waals surface area contributed by atoms with E-state index < -0.39 is 0 Å². The van der Waals surface area contributed by atoms with Crippen LogP contribution in [0.3, 0.4) is 0 Å². The molecule has 2 aromatic rings. The molecular weight excluding hydrogens is 238 g/mol. The molecule has 84 valence electrons. The Kier molecular flexibility index (Phi) is 3.62. The van der Waals surface area contributed by atoms with Crippen molar-refractivity contribution in [1.29, 1.82) is 0 Å². The molecule has 1 nitrogen and oxygen atoms in total. The molecule has 0 aliphatic rings. The Hall–Kier alpha value is -0.860. The van der Waals surface area contributed by atoms with Gasteiger partial charge in [0.25, 0.3) is 0 Å². The summed E-state index contributed by atoms with van der Waals surface area (Å²) in [5.74, 6) is 0.304. The van der Waals surface area contributed by atoms with Crippen LogP contribution in [0.2, 0.25) is 0 Å². The Morgan fingerprint density at radius 3 is 2.50 bits per heavy atom. The molecule has 0 spiro atoms. The minimum Gasteiger partial charge on any atom is -0.265 e. The van der Waals surface area contributed by atoms with Gasteiger partial charge in [-0.05, 0) is 46.5 Å². The van der Waals surface area contributed by atoms with Crippen molar-refractivity contribution in [3.05, 3.63) is 52.0 Å². The lowest BCUT2D eigenvalue weighted by Gasteiger charge is -2.18. The Morgan fingerprint density at radius 1 is 1.25 bits per heavy atom.